The van der Waals surface area contributed by atoms with Gasteiger partial charge in [-0.2, -0.15) is 0 Å². The van der Waals surface area contributed by atoms with Gasteiger partial charge < -0.3 is 15.4 Å². The second-order valence-electron chi connectivity index (χ2n) is 4.96. The lowest BCUT2D eigenvalue weighted by atomic mass is 9.98. The summed E-state index contributed by atoms with van der Waals surface area (Å²) in [4.78, 5) is 23.1. The van der Waals surface area contributed by atoms with Gasteiger partial charge >= 0.3 is 0 Å². The second-order valence-corrected chi connectivity index (χ2v) is 4.96. The molecule has 0 bridgehead atoms. The van der Waals surface area contributed by atoms with E-state index in [0.717, 1.165) is 11.1 Å². The third kappa shape index (κ3) is 3.81. The number of carbonyl (C=O) groups is 2. The normalized spacial score (nSPS) is 18.4. The summed E-state index contributed by atoms with van der Waals surface area (Å²) >= 11 is 0. The van der Waals surface area contributed by atoms with E-state index in [4.69, 9.17) is 4.74 Å². The molecule has 5 nitrogen and oxygen atoms in total. The number of rotatable bonds is 5. The molecule has 2 N–H and O–H groups in total. The maximum absolute atomic E-state index is 12.1. The Morgan fingerprint density at radius 3 is 2.80 bits per heavy atom. The molecule has 1 aliphatic rings. The summed E-state index contributed by atoms with van der Waals surface area (Å²) in [6, 6.07) is 7.88. The Bertz CT molecular complexity index is 478. The van der Waals surface area contributed by atoms with Crippen LogP contribution in [0.5, 0.6) is 0 Å². The molecule has 1 atom stereocenters. The van der Waals surface area contributed by atoms with Crippen molar-refractivity contribution in [1.82, 2.24) is 10.6 Å². The largest absolute Gasteiger partial charge is 0.380 e. The predicted molar refractivity (Wildman–Crippen MR) is 74.7 cm³/mol. The fraction of sp³-hybridized carbons (Fsp3) is 0.467. The third-order valence-electron chi connectivity index (χ3n) is 3.51. The minimum Gasteiger partial charge on any atom is -0.380 e. The molecule has 0 spiro atoms. The average molecular weight is 276 g/mol. The fourth-order valence-corrected chi connectivity index (χ4v) is 2.31. The van der Waals surface area contributed by atoms with Crippen LogP contribution >= 0.6 is 0 Å². The maximum atomic E-state index is 12.1. The molecular formula is C15H20N2O3. The standard InChI is InChI=1S/C15H20N2O3/c1-20-10-13-5-3-2-4-11(13)8-17-15(19)12-6-7-14(18)16-9-12/h2-5,12H,6-10H2,1H3,(H,16,18)(H,17,19). The van der Waals surface area contributed by atoms with Gasteiger partial charge in [0.05, 0.1) is 12.5 Å². The Labute approximate surface area is 118 Å². The van der Waals surface area contributed by atoms with Gasteiger partial charge in [-0.1, -0.05) is 24.3 Å². The van der Waals surface area contributed by atoms with E-state index >= 15 is 0 Å². The lowest BCUT2D eigenvalue weighted by Gasteiger charge is -2.21. The number of benzene rings is 1. The van der Waals surface area contributed by atoms with Crippen LogP contribution < -0.4 is 10.6 Å². The minimum absolute atomic E-state index is 0.00257. The molecule has 0 radical (unpaired) electrons. The minimum atomic E-state index is -0.123. The van der Waals surface area contributed by atoms with E-state index in [2.05, 4.69) is 10.6 Å². The van der Waals surface area contributed by atoms with Gasteiger partial charge in [-0.3, -0.25) is 9.59 Å². The summed E-state index contributed by atoms with van der Waals surface area (Å²) in [5.74, 6) is -0.0982. The summed E-state index contributed by atoms with van der Waals surface area (Å²) in [5.41, 5.74) is 2.13. The highest BCUT2D eigenvalue weighted by molar-refractivity contribution is 5.83. The number of amides is 2. The van der Waals surface area contributed by atoms with E-state index in [1.165, 1.54) is 0 Å². The molecule has 5 heteroatoms. The van der Waals surface area contributed by atoms with Crippen LogP contribution in [0.1, 0.15) is 24.0 Å². The van der Waals surface area contributed by atoms with Crippen LogP contribution in [0, 0.1) is 5.92 Å². The molecule has 0 aromatic heterocycles. The monoisotopic (exact) mass is 276 g/mol. The molecule has 1 aliphatic heterocycles. The number of hydrogen-bond donors (Lipinski definition) is 2. The van der Waals surface area contributed by atoms with Crippen LogP contribution in [0.25, 0.3) is 0 Å². The quantitative estimate of drug-likeness (QED) is 0.842. The van der Waals surface area contributed by atoms with Crippen molar-refractivity contribution in [3.05, 3.63) is 35.4 Å². The van der Waals surface area contributed by atoms with Crippen LogP contribution in [0.15, 0.2) is 24.3 Å². The number of ether oxygens (including phenoxy) is 1. The molecule has 0 saturated carbocycles. The highest BCUT2D eigenvalue weighted by Gasteiger charge is 2.24. The van der Waals surface area contributed by atoms with Gasteiger partial charge in [0.2, 0.25) is 11.8 Å². The number of methoxy groups -OCH3 is 1. The van der Waals surface area contributed by atoms with Crippen LogP contribution in [-0.4, -0.2) is 25.5 Å². The van der Waals surface area contributed by atoms with Crippen molar-refractivity contribution in [3.63, 3.8) is 0 Å². The molecule has 1 heterocycles. The van der Waals surface area contributed by atoms with Gasteiger partial charge in [0.15, 0.2) is 0 Å². The van der Waals surface area contributed by atoms with Crippen LogP contribution in [0.2, 0.25) is 0 Å². The third-order valence-corrected chi connectivity index (χ3v) is 3.51. The van der Waals surface area contributed by atoms with Crippen molar-refractivity contribution in [3.8, 4) is 0 Å². The summed E-state index contributed by atoms with van der Waals surface area (Å²) in [6.07, 6.45) is 1.05. The lowest BCUT2D eigenvalue weighted by Crippen LogP contribution is -2.42. The number of nitrogens with one attached hydrogen (secondary N) is 2. The van der Waals surface area contributed by atoms with Crippen LogP contribution in [-0.2, 0) is 27.5 Å². The Hall–Kier alpha value is -1.88. The first-order chi connectivity index (χ1) is 9.70. The molecular weight excluding hydrogens is 256 g/mol. The zero-order valence-corrected chi connectivity index (χ0v) is 11.6. The summed E-state index contributed by atoms with van der Waals surface area (Å²) in [6.45, 7) is 1.46. The van der Waals surface area contributed by atoms with E-state index < -0.39 is 0 Å². The first kappa shape index (κ1) is 14.5. The molecule has 1 saturated heterocycles. The molecule has 1 fully saturated rings. The highest BCUT2D eigenvalue weighted by atomic mass is 16.5. The van der Waals surface area contributed by atoms with Gasteiger partial charge in [-0.25, -0.2) is 0 Å². The van der Waals surface area contributed by atoms with Crippen LogP contribution in [0.4, 0.5) is 0 Å². The predicted octanol–water partition coefficient (Wildman–Crippen LogP) is 0.975. The SMILES string of the molecule is COCc1ccccc1CNC(=O)C1CCC(=O)NC1. The molecule has 1 aromatic rings. The smallest absolute Gasteiger partial charge is 0.225 e. The average Bonchev–Trinajstić information content (AvgIpc) is 2.47. The first-order valence-electron chi connectivity index (χ1n) is 6.81. The number of hydrogen-bond acceptors (Lipinski definition) is 3. The van der Waals surface area contributed by atoms with Gasteiger partial charge in [0.25, 0.3) is 0 Å². The molecule has 1 aromatic carbocycles. The fourth-order valence-electron chi connectivity index (χ4n) is 2.31. The number of piperidine rings is 1. The first-order valence-corrected chi connectivity index (χ1v) is 6.81. The van der Waals surface area contributed by atoms with Crippen molar-refractivity contribution in [1.29, 1.82) is 0 Å². The summed E-state index contributed by atoms with van der Waals surface area (Å²) in [7, 11) is 1.65. The molecule has 2 amide bonds. The summed E-state index contributed by atoms with van der Waals surface area (Å²) < 4.78 is 5.14. The van der Waals surface area contributed by atoms with E-state index in [9.17, 15) is 9.59 Å². The Kier molecular flexibility index (Phi) is 5.12. The summed E-state index contributed by atoms with van der Waals surface area (Å²) in [5, 5.41) is 5.66. The highest BCUT2D eigenvalue weighted by Crippen LogP contribution is 2.13. The number of carbonyl (C=O) groups excluding carboxylic acids is 2. The van der Waals surface area contributed by atoms with Gasteiger partial charge in [-0.15, -0.1) is 0 Å². The molecule has 20 heavy (non-hydrogen) atoms. The molecule has 108 valence electrons. The topological polar surface area (TPSA) is 67.4 Å². The Morgan fingerprint density at radius 2 is 2.15 bits per heavy atom. The van der Waals surface area contributed by atoms with E-state index in [-0.39, 0.29) is 17.7 Å². The van der Waals surface area contributed by atoms with E-state index in [1.54, 1.807) is 7.11 Å². The van der Waals surface area contributed by atoms with Crippen molar-refractivity contribution in [2.45, 2.75) is 26.0 Å². The lowest BCUT2D eigenvalue weighted by molar-refractivity contribution is -0.129. The Morgan fingerprint density at radius 1 is 1.40 bits per heavy atom. The second kappa shape index (κ2) is 7.05. The van der Waals surface area contributed by atoms with E-state index in [0.29, 0.717) is 32.5 Å². The molecule has 0 aliphatic carbocycles. The van der Waals surface area contributed by atoms with Gasteiger partial charge in [0, 0.05) is 26.6 Å². The van der Waals surface area contributed by atoms with Crippen LogP contribution in [0.3, 0.4) is 0 Å². The van der Waals surface area contributed by atoms with Crippen molar-refractivity contribution < 1.29 is 14.3 Å². The van der Waals surface area contributed by atoms with Crippen molar-refractivity contribution >= 4 is 11.8 Å². The molecule has 1 unspecified atom stereocenters. The zero-order valence-electron chi connectivity index (χ0n) is 11.6. The van der Waals surface area contributed by atoms with Gasteiger partial charge in [-0.05, 0) is 17.5 Å². The van der Waals surface area contributed by atoms with Crippen molar-refractivity contribution in [2.24, 2.45) is 5.92 Å². The van der Waals surface area contributed by atoms with Gasteiger partial charge in [0.1, 0.15) is 0 Å². The van der Waals surface area contributed by atoms with E-state index in [1.807, 2.05) is 24.3 Å². The van der Waals surface area contributed by atoms with Crippen molar-refractivity contribution in [2.75, 3.05) is 13.7 Å². The molecule has 2 rings (SSSR count). The maximum Gasteiger partial charge on any atom is 0.225 e. The zero-order chi connectivity index (χ0) is 14.4. The Balaban J connectivity index is 1.88.